The van der Waals surface area contributed by atoms with E-state index < -0.39 is 5.60 Å². The Morgan fingerprint density at radius 3 is 2.71 bits per heavy atom. The number of hydrogen-bond donors (Lipinski definition) is 1. The Hall–Kier alpha value is -3.29. The van der Waals surface area contributed by atoms with Crippen molar-refractivity contribution in [3.8, 4) is 0 Å². The number of piperidine rings is 1. The van der Waals surface area contributed by atoms with Crippen molar-refractivity contribution in [2.24, 2.45) is 0 Å². The second kappa shape index (κ2) is 8.45. The lowest BCUT2D eigenvalue weighted by atomic mass is 9.95. The summed E-state index contributed by atoms with van der Waals surface area (Å²) in [6.45, 7) is 7.21. The molecule has 1 aliphatic rings. The standard InChI is InChI=1S/C23H28N4O4/c1-23(2,3)31-22(29)27-11-7-17(8-12-27)18-4-5-19(30-18)21(28)25-15-16-6-10-26-13-9-24-20(26)14-16/h4-6,9-10,13-14,17H,7-8,11-12,15H2,1-3H3,(H,25,28). The highest BCUT2D eigenvalue weighted by atomic mass is 16.6. The Bertz CT molecular complexity index is 1070. The number of hydrogen-bond acceptors (Lipinski definition) is 5. The van der Waals surface area contributed by atoms with Gasteiger partial charge in [0.25, 0.3) is 5.91 Å². The Balaban J connectivity index is 1.29. The van der Waals surface area contributed by atoms with Crippen molar-refractivity contribution in [1.29, 1.82) is 0 Å². The summed E-state index contributed by atoms with van der Waals surface area (Å²) in [6.07, 6.45) is 6.80. The maximum absolute atomic E-state index is 12.5. The SMILES string of the molecule is CC(C)(C)OC(=O)N1CCC(c2ccc(C(=O)NCc3ccn4ccnc4c3)o2)CC1. The monoisotopic (exact) mass is 424 g/mol. The fourth-order valence-corrected chi connectivity index (χ4v) is 3.70. The van der Waals surface area contributed by atoms with Crippen LogP contribution in [-0.4, -0.2) is 45.0 Å². The number of ether oxygens (including phenoxy) is 1. The van der Waals surface area contributed by atoms with Crippen molar-refractivity contribution < 1.29 is 18.7 Å². The summed E-state index contributed by atoms with van der Waals surface area (Å²) in [6, 6.07) is 7.45. The molecule has 3 aromatic rings. The molecule has 1 aliphatic heterocycles. The summed E-state index contributed by atoms with van der Waals surface area (Å²) < 4.78 is 13.2. The lowest BCUT2D eigenvalue weighted by molar-refractivity contribution is 0.0200. The molecule has 0 unspecified atom stereocenters. The number of likely N-dealkylation sites (tertiary alicyclic amines) is 1. The second-order valence-corrected chi connectivity index (χ2v) is 8.85. The van der Waals surface area contributed by atoms with Gasteiger partial charge < -0.3 is 23.8 Å². The first-order valence-corrected chi connectivity index (χ1v) is 10.6. The van der Waals surface area contributed by atoms with Crippen LogP contribution >= 0.6 is 0 Å². The van der Waals surface area contributed by atoms with Crippen LogP contribution in [0.15, 0.2) is 47.3 Å². The predicted octanol–water partition coefficient (Wildman–Crippen LogP) is 3.97. The maximum Gasteiger partial charge on any atom is 0.410 e. The zero-order valence-corrected chi connectivity index (χ0v) is 18.1. The van der Waals surface area contributed by atoms with Gasteiger partial charge in [-0.05, 0) is 63.4 Å². The largest absolute Gasteiger partial charge is 0.456 e. The smallest absolute Gasteiger partial charge is 0.410 e. The molecule has 0 spiro atoms. The van der Waals surface area contributed by atoms with E-state index in [9.17, 15) is 9.59 Å². The van der Waals surface area contributed by atoms with Gasteiger partial charge in [-0.2, -0.15) is 0 Å². The van der Waals surface area contributed by atoms with Crippen LogP contribution in [0.4, 0.5) is 4.79 Å². The molecule has 31 heavy (non-hydrogen) atoms. The van der Waals surface area contributed by atoms with E-state index in [1.807, 2.05) is 55.8 Å². The summed E-state index contributed by atoms with van der Waals surface area (Å²) in [5.74, 6) is 1.02. The third-order valence-electron chi connectivity index (χ3n) is 5.31. The molecule has 0 bridgehead atoms. The molecule has 8 heteroatoms. The molecular weight excluding hydrogens is 396 g/mol. The van der Waals surface area contributed by atoms with Gasteiger partial charge in [-0.25, -0.2) is 9.78 Å². The highest BCUT2D eigenvalue weighted by Gasteiger charge is 2.29. The van der Waals surface area contributed by atoms with E-state index in [1.54, 1.807) is 17.2 Å². The molecule has 4 rings (SSSR count). The van der Waals surface area contributed by atoms with Crippen LogP contribution in [0.1, 0.15) is 61.4 Å². The van der Waals surface area contributed by atoms with Crippen molar-refractivity contribution in [3.05, 3.63) is 59.9 Å². The molecule has 8 nitrogen and oxygen atoms in total. The number of amides is 2. The molecule has 0 saturated carbocycles. The topological polar surface area (TPSA) is 89.1 Å². The third-order valence-corrected chi connectivity index (χ3v) is 5.31. The Labute approximate surface area is 181 Å². The number of nitrogens with one attached hydrogen (secondary N) is 1. The van der Waals surface area contributed by atoms with Crippen LogP contribution in [0.5, 0.6) is 0 Å². The van der Waals surface area contributed by atoms with Crippen LogP contribution in [0.3, 0.4) is 0 Å². The Morgan fingerprint density at radius 1 is 1.19 bits per heavy atom. The molecule has 164 valence electrons. The highest BCUT2D eigenvalue weighted by Crippen LogP contribution is 2.30. The zero-order valence-electron chi connectivity index (χ0n) is 18.1. The molecule has 0 aromatic carbocycles. The van der Waals surface area contributed by atoms with Gasteiger partial charge in [0.15, 0.2) is 5.76 Å². The Kier molecular flexibility index (Phi) is 5.71. The van der Waals surface area contributed by atoms with Gasteiger partial charge in [-0.15, -0.1) is 0 Å². The molecule has 0 radical (unpaired) electrons. The van der Waals surface area contributed by atoms with E-state index in [0.717, 1.165) is 29.8 Å². The lowest BCUT2D eigenvalue weighted by Crippen LogP contribution is -2.41. The third kappa shape index (κ3) is 5.07. The van der Waals surface area contributed by atoms with E-state index in [4.69, 9.17) is 9.15 Å². The maximum atomic E-state index is 12.5. The van der Waals surface area contributed by atoms with E-state index in [-0.39, 0.29) is 17.9 Å². The van der Waals surface area contributed by atoms with Crippen molar-refractivity contribution in [2.75, 3.05) is 13.1 Å². The van der Waals surface area contributed by atoms with Crippen LogP contribution in [0.25, 0.3) is 5.65 Å². The van der Waals surface area contributed by atoms with Crippen LogP contribution < -0.4 is 5.32 Å². The van der Waals surface area contributed by atoms with Gasteiger partial charge in [-0.3, -0.25) is 4.79 Å². The number of rotatable bonds is 4. The van der Waals surface area contributed by atoms with Gasteiger partial charge in [0.2, 0.25) is 0 Å². The highest BCUT2D eigenvalue weighted by molar-refractivity contribution is 5.91. The van der Waals surface area contributed by atoms with Crippen molar-refractivity contribution in [2.45, 2.75) is 51.7 Å². The normalized spacial score (nSPS) is 15.3. The van der Waals surface area contributed by atoms with Gasteiger partial charge in [0, 0.05) is 44.1 Å². The first-order valence-electron chi connectivity index (χ1n) is 10.6. The fraction of sp³-hybridized carbons (Fsp3) is 0.435. The van der Waals surface area contributed by atoms with Crippen molar-refractivity contribution in [3.63, 3.8) is 0 Å². The average molecular weight is 425 g/mol. The number of nitrogens with zero attached hydrogens (tertiary/aromatic N) is 3. The first kappa shape index (κ1) is 21.0. The van der Waals surface area contributed by atoms with Crippen molar-refractivity contribution >= 4 is 17.6 Å². The number of imidazole rings is 1. The molecule has 3 aromatic heterocycles. The van der Waals surface area contributed by atoms with Crippen LogP contribution in [0.2, 0.25) is 0 Å². The molecule has 1 N–H and O–H groups in total. The lowest BCUT2D eigenvalue weighted by Gasteiger charge is -2.32. The summed E-state index contributed by atoms with van der Waals surface area (Å²) in [7, 11) is 0. The minimum absolute atomic E-state index is 0.183. The van der Waals surface area contributed by atoms with Crippen LogP contribution in [0, 0.1) is 0 Å². The number of fused-ring (bicyclic) bond motifs is 1. The van der Waals surface area contributed by atoms with E-state index in [2.05, 4.69) is 10.3 Å². The molecule has 1 fully saturated rings. The van der Waals surface area contributed by atoms with E-state index >= 15 is 0 Å². The molecule has 0 atom stereocenters. The van der Waals surface area contributed by atoms with Crippen LogP contribution in [-0.2, 0) is 11.3 Å². The number of carbonyl (C=O) groups excluding carboxylic acids is 2. The quantitative estimate of drug-likeness (QED) is 0.685. The zero-order chi connectivity index (χ0) is 22.0. The number of aromatic nitrogens is 2. The number of furan rings is 1. The number of pyridine rings is 1. The summed E-state index contributed by atoms with van der Waals surface area (Å²) in [5.41, 5.74) is 1.31. The molecule has 4 heterocycles. The van der Waals surface area contributed by atoms with Gasteiger partial charge in [-0.1, -0.05) is 0 Å². The van der Waals surface area contributed by atoms with E-state index in [1.165, 1.54) is 0 Å². The molecule has 0 aliphatic carbocycles. The van der Waals surface area contributed by atoms with Crippen molar-refractivity contribution in [1.82, 2.24) is 19.6 Å². The van der Waals surface area contributed by atoms with Gasteiger partial charge in [0.1, 0.15) is 17.0 Å². The summed E-state index contributed by atoms with van der Waals surface area (Å²) in [4.78, 5) is 30.7. The summed E-state index contributed by atoms with van der Waals surface area (Å²) >= 11 is 0. The average Bonchev–Trinajstić information content (AvgIpc) is 3.40. The molecule has 2 amide bonds. The number of carbonyl (C=O) groups is 2. The molecule has 1 saturated heterocycles. The Morgan fingerprint density at radius 2 is 1.97 bits per heavy atom. The minimum atomic E-state index is -0.499. The minimum Gasteiger partial charge on any atom is -0.456 e. The molecular formula is C23H28N4O4. The van der Waals surface area contributed by atoms with E-state index in [0.29, 0.717) is 25.4 Å². The van der Waals surface area contributed by atoms with Gasteiger partial charge >= 0.3 is 6.09 Å². The first-order chi connectivity index (χ1) is 14.8. The summed E-state index contributed by atoms with van der Waals surface area (Å²) in [5, 5.41) is 2.89. The van der Waals surface area contributed by atoms with Gasteiger partial charge in [0.05, 0.1) is 0 Å². The predicted molar refractivity (Wildman–Crippen MR) is 115 cm³/mol. The second-order valence-electron chi connectivity index (χ2n) is 8.85. The fourth-order valence-electron chi connectivity index (χ4n) is 3.70.